The summed E-state index contributed by atoms with van der Waals surface area (Å²) in [5.41, 5.74) is -0.661. The Morgan fingerprint density at radius 3 is 2.56 bits per heavy atom. The molecule has 0 saturated heterocycles. The molecule has 0 saturated carbocycles. The second-order valence-corrected chi connectivity index (χ2v) is 5.38. The summed E-state index contributed by atoms with van der Waals surface area (Å²) >= 11 is 0. The number of nitrogens with zero attached hydrogens (tertiary/aromatic N) is 1. The number of fused-ring (bicyclic) bond motifs is 1. The van der Waals surface area contributed by atoms with Crippen LogP contribution in [0.3, 0.4) is 0 Å². The minimum absolute atomic E-state index is 0.0568. The molecule has 1 aromatic heterocycles. The lowest BCUT2D eigenvalue weighted by molar-refractivity contribution is -0.136. The predicted molar refractivity (Wildman–Crippen MR) is 85.1 cm³/mol. The van der Waals surface area contributed by atoms with Gasteiger partial charge in [0.15, 0.2) is 5.76 Å². The van der Waals surface area contributed by atoms with Crippen LogP contribution in [0.1, 0.15) is 27.2 Å². The van der Waals surface area contributed by atoms with Crippen LogP contribution in [0.2, 0.25) is 0 Å². The number of hydrogen-bond acceptors (Lipinski definition) is 3. The van der Waals surface area contributed by atoms with Crippen molar-refractivity contribution in [3.8, 4) is 6.07 Å². The first-order valence-electron chi connectivity index (χ1n) is 7.22. The third-order valence-corrected chi connectivity index (χ3v) is 3.75. The van der Waals surface area contributed by atoms with Gasteiger partial charge in [-0.2, -0.15) is 18.4 Å². The van der Waals surface area contributed by atoms with Crippen molar-refractivity contribution >= 4 is 22.6 Å². The number of nitrogens with one attached hydrogen (secondary N) is 1. The Hall–Kier alpha value is -3.27. The Morgan fingerprint density at radius 2 is 1.92 bits per heavy atom. The van der Waals surface area contributed by atoms with E-state index >= 15 is 0 Å². The van der Waals surface area contributed by atoms with Crippen molar-refractivity contribution in [2.75, 3.05) is 5.32 Å². The van der Waals surface area contributed by atoms with Crippen LogP contribution in [0, 0.1) is 18.3 Å². The van der Waals surface area contributed by atoms with Gasteiger partial charge < -0.3 is 9.73 Å². The van der Waals surface area contributed by atoms with Crippen LogP contribution in [0.4, 0.5) is 18.9 Å². The number of rotatable bonds is 2. The van der Waals surface area contributed by atoms with Crippen LogP contribution >= 0.6 is 0 Å². The number of carbonyl (C=O) groups is 1. The maximum atomic E-state index is 13.2. The minimum atomic E-state index is -4.71. The fraction of sp³-hybridized carbons (Fsp3) is 0.111. The molecule has 1 amide bonds. The largest absolute Gasteiger partial charge is 0.451 e. The lowest BCUT2D eigenvalue weighted by atomic mass is 10.1. The summed E-state index contributed by atoms with van der Waals surface area (Å²) in [4.78, 5) is 12.4. The summed E-state index contributed by atoms with van der Waals surface area (Å²) in [6, 6.07) is 11.5. The van der Waals surface area contributed by atoms with Crippen LogP contribution < -0.4 is 5.32 Å². The summed E-state index contributed by atoms with van der Waals surface area (Å²) in [5, 5.41) is 11.7. The van der Waals surface area contributed by atoms with Crippen LogP contribution in [0.25, 0.3) is 11.0 Å². The quantitative estimate of drug-likeness (QED) is 0.720. The average Bonchev–Trinajstić information content (AvgIpc) is 2.91. The number of benzene rings is 2. The summed E-state index contributed by atoms with van der Waals surface area (Å²) in [6.07, 6.45) is -4.71. The molecule has 2 aromatic carbocycles. The van der Waals surface area contributed by atoms with Crippen LogP contribution in [0.15, 0.2) is 46.9 Å². The number of hydrogen-bond donors (Lipinski definition) is 1. The number of carbonyl (C=O) groups excluding carboxylic acids is 1. The standard InChI is InChI=1S/C18H11F3N2O2/c1-10-12-4-2-3-5-15(12)25-16(10)17(24)23-14-7-6-11(9-22)8-13(14)18(19,20)21/h2-8H,1H3,(H,23,24). The molecule has 0 bridgehead atoms. The van der Waals surface area contributed by atoms with E-state index in [1.165, 1.54) is 6.07 Å². The topological polar surface area (TPSA) is 66.0 Å². The Labute approximate surface area is 140 Å². The van der Waals surface area contributed by atoms with Gasteiger partial charge in [0.25, 0.3) is 5.91 Å². The molecule has 4 nitrogen and oxygen atoms in total. The van der Waals surface area contributed by atoms with Gasteiger partial charge in [-0.15, -0.1) is 0 Å². The number of aryl methyl sites for hydroxylation is 1. The molecule has 0 fully saturated rings. The van der Waals surface area contributed by atoms with E-state index in [2.05, 4.69) is 5.32 Å². The Kier molecular flexibility index (Phi) is 3.97. The number of anilines is 1. The minimum Gasteiger partial charge on any atom is -0.451 e. The number of nitriles is 1. The molecule has 0 aliphatic rings. The first kappa shape index (κ1) is 16.6. The fourth-order valence-electron chi connectivity index (χ4n) is 2.53. The van der Waals surface area contributed by atoms with Crippen LogP contribution in [-0.2, 0) is 6.18 Å². The zero-order valence-corrected chi connectivity index (χ0v) is 12.9. The first-order valence-corrected chi connectivity index (χ1v) is 7.22. The third kappa shape index (κ3) is 3.06. The molecule has 0 atom stereocenters. The number of amides is 1. The summed E-state index contributed by atoms with van der Waals surface area (Å²) < 4.78 is 45.0. The smallest absolute Gasteiger partial charge is 0.418 e. The normalized spacial score (nSPS) is 11.3. The molecule has 1 N–H and O–H groups in total. The Balaban J connectivity index is 2.00. The van der Waals surface area contributed by atoms with Gasteiger partial charge in [-0.3, -0.25) is 4.79 Å². The van der Waals surface area contributed by atoms with Gasteiger partial charge in [0.1, 0.15) is 5.58 Å². The van der Waals surface area contributed by atoms with E-state index in [-0.39, 0.29) is 11.3 Å². The van der Waals surface area contributed by atoms with Crippen LogP contribution in [0.5, 0.6) is 0 Å². The highest BCUT2D eigenvalue weighted by Gasteiger charge is 2.34. The van der Waals surface area contributed by atoms with Crippen molar-refractivity contribution in [2.45, 2.75) is 13.1 Å². The molecule has 1 heterocycles. The van der Waals surface area contributed by atoms with Crippen molar-refractivity contribution in [3.63, 3.8) is 0 Å². The summed E-state index contributed by atoms with van der Waals surface area (Å²) in [6.45, 7) is 1.66. The van der Waals surface area contributed by atoms with E-state index in [0.29, 0.717) is 22.6 Å². The molecule has 0 aliphatic carbocycles. The van der Waals surface area contributed by atoms with Gasteiger partial charge in [-0.25, -0.2) is 0 Å². The third-order valence-electron chi connectivity index (χ3n) is 3.75. The molecule has 3 aromatic rings. The van der Waals surface area contributed by atoms with E-state index in [1.807, 2.05) is 0 Å². The van der Waals surface area contributed by atoms with Gasteiger partial charge in [0, 0.05) is 10.9 Å². The average molecular weight is 344 g/mol. The SMILES string of the molecule is Cc1c(C(=O)Nc2ccc(C#N)cc2C(F)(F)F)oc2ccccc12. The second kappa shape index (κ2) is 5.98. The van der Waals surface area contributed by atoms with Crippen molar-refractivity contribution in [3.05, 3.63) is 64.9 Å². The van der Waals surface area contributed by atoms with Crippen LogP contribution in [-0.4, -0.2) is 5.91 Å². The molecular formula is C18H11F3N2O2. The highest BCUT2D eigenvalue weighted by atomic mass is 19.4. The number of alkyl halides is 3. The monoisotopic (exact) mass is 344 g/mol. The molecule has 3 rings (SSSR count). The second-order valence-electron chi connectivity index (χ2n) is 5.38. The van der Waals surface area contributed by atoms with Crippen molar-refractivity contribution in [1.82, 2.24) is 0 Å². The first-order chi connectivity index (χ1) is 11.8. The van der Waals surface area contributed by atoms with Gasteiger partial charge in [0.05, 0.1) is 22.9 Å². The molecule has 126 valence electrons. The Bertz CT molecular complexity index is 1010. The molecule has 0 radical (unpaired) electrons. The lowest BCUT2D eigenvalue weighted by Crippen LogP contribution is -2.17. The molecule has 25 heavy (non-hydrogen) atoms. The van der Waals surface area contributed by atoms with Gasteiger partial charge >= 0.3 is 6.18 Å². The molecule has 0 spiro atoms. The number of halogens is 3. The van der Waals surface area contributed by atoms with Gasteiger partial charge in [0.2, 0.25) is 0 Å². The summed E-state index contributed by atoms with van der Waals surface area (Å²) in [7, 11) is 0. The van der Waals surface area contributed by atoms with Crippen molar-refractivity contribution < 1.29 is 22.4 Å². The fourth-order valence-corrected chi connectivity index (χ4v) is 2.53. The zero-order valence-electron chi connectivity index (χ0n) is 12.9. The summed E-state index contributed by atoms with van der Waals surface area (Å²) in [5.74, 6) is -0.845. The lowest BCUT2D eigenvalue weighted by Gasteiger charge is -2.13. The number of furan rings is 1. The van der Waals surface area contributed by atoms with Crippen molar-refractivity contribution in [2.24, 2.45) is 0 Å². The molecule has 0 unspecified atom stereocenters. The van der Waals surface area contributed by atoms with Gasteiger partial charge in [-0.05, 0) is 31.2 Å². The number of para-hydroxylation sites is 1. The highest BCUT2D eigenvalue weighted by Crippen LogP contribution is 2.36. The highest BCUT2D eigenvalue weighted by molar-refractivity contribution is 6.06. The van der Waals surface area contributed by atoms with E-state index in [4.69, 9.17) is 9.68 Å². The maximum absolute atomic E-state index is 13.2. The molecule has 7 heteroatoms. The maximum Gasteiger partial charge on any atom is 0.418 e. The van der Waals surface area contributed by atoms with E-state index < -0.39 is 23.3 Å². The van der Waals surface area contributed by atoms with E-state index in [9.17, 15) is 18.0 Å². The zero-order chi connectivity index (χ0) is 18.2. The van der Waals surface area contributed by atoms with E-state index in [0.717, 1.165) is 6.07 Å². The molecular weight excluding hydrogens is 333 g/mol. The van der Waals surface area contributed by atoms with Gasteiger partial charge in [-0.1, -0.05) is 18.2 Å². The Morgan fingerprint density at radius 1 is 1.20 bits per heavy atom. The van der Waals surface area contributed by atoms with Crippen molar-refractivity contribution in [1.29, 1.82) is 5.26 Å². The predicted octanol–water partition coefficient (Wildman–Crippen LogP) is 4.88. The molecule has 0 aliphatic heterocycles. The van der Waals surface area contributed by atoms with E-state index in [1.54, 1.807) is 37.3 Å².